The zero-order chi connectivity index (χ0) is 22.1. The third-order valence-corrected chi connectivity index (χ3v) is 5.72. The Morgan fingerprint density at radius 2 is 1.78 bits per heavy atom. The third-order valence-electron chi connectivity index (χ3n) is 5.48. The lowest BCUT2D eigenvalue weighted by Gasteiger charge is -2.38. The van der Waals surface area contributed by atoms with Crippen LogP contribution < -0.4 is 4.90 Å². The van der Waals surface area contributed by atoms with E-state index in [-0.39, 0.29) is 12.1 Å². The number of nitrogens with zero attached hydrogens (tertiary/aromatic N) is 7. The van der Waals surface area contributed by atoms with E-state index in [1.807, 2.05) is 54.6 Å². The first-order valence-electron chi connectivity index (χ1n) is 10.4. The number of halogens is 1. The largest absolute Gasteiger partial charge is 0.377 e. The minimum atomic E-state index is 0.159. The van der Waals surface area contributed by atoms with Crippen molar-refractivity contribution in [1.82, 2.24) is 30.2 Å². The molecule has 2 aromatic carbocycles. The molecule has 1 aliphatic rings. The molecule has 2 aromatic heterocycles. The summed E-state index contributed by atoms with van der Waals surface area (Å²) in [6.45, 7) is 5.49. The SMILES string of the molecule is C[C@@H]1COC[C@@H](C)N1c1ncc(-c2nnnn2-c2ccccc2)c(-c2cccc(Cl)c2)n1. The Morgan fingerprint density at radius 1 is 1.00 bits per heavy atom. The van der Waals surface area contributed by atoms with Crippen LogP contribution >= 0.6 is 11.6 Å². The normalized spacial score (nSPS) is 18.7. The third kappa shape index (κ3) is 3.83. The Bertz CT molecular complexity index is 1220. The minimum Gasteiger partial charge on any atom is -0.377 e. The molecule has 4 aromatic rings. The molecular formula is C23H22ClN7O. The van der Waals surface area contributed by atoms with E-state index in [0.29, 0.717) is 30.0 Å². The van der Waals surface area contributed by atoms with Crippen molar-refractivity contribution in [2.45, 2.75) is 25.9 Å². The molecule has 0 N–H and O–H groups in total. The lowest BCUT2D eigenvalue weighted by Crippen LogP contribution is -2.50. The first-order chi connectivity index (χ1) is 15.6. The van der Waals surface area contributed by atoms with Crippen LogP contribution in [0.4, 0.5) is 5.95 Å². The van der Waals surface area contributed by atoms with Crippen molar-refractivity contribution in [3.8, 4) is 28.3 Å². The van der Waals surface area contributed by atoms with Crippen LogP contribution in [0.1, 0.15) is 13.8 Å². The zero-order valence-corrected chi connectivity index (χ0v) is 18.5. The van der Waals surface area contributed by atoms with Crippen LogP contribution in [0.2, 0.25) is 5.02 Å². The molecule has 0 bridgehead atoms. The molecule has 2 atom stereocenters. The average Bonchev–Trinajstić information content (AvgIpc) is 3.29. The highest BCUT2D eigenvalue weighted by Crippen LogP contribution is 2.33. The van der Waals surface area contributed by atoms with Crippen LogP contribution in [0, 0.1) is 0 Å². The zero-order valence-electron chi connectivity index (χ0n) is 17.8. The van der Waals surface area contributed by atoms with Gasteiger partial charge in [0.2, 0.25) is 5.95 Å². The van der Waals surface area contributed by atoms with Crippen molar-refractivity contribution in [3.63, 3.8) is 0 Å². The van der Waals surface area contributed by atoms with Crippen LogP contribution in [0.25, 0.3) is 28.3 Å². The minimum absolute atomic E-state index is 0.159. The van der Waals surface area contributed by atoms with Crippen molar-refractivity contribution in [1.29, 1.82) is 0 Å². The van der Waals surface area contributed by atoms with E-state index < -0.39 is 0 Å². The average molecular weight is 448 g/mol. The number of tetrazole rings is 1. The molecule has 0 spiro atoms. The van der Waals surface area contributed by atoms with Gasteiger partial charge < -0.3 is 9.64 Å². The highest BCUT2D eigenvalue weighted by Gasteiger charge is 2.29. The Hall–Kier alpha value is -3.36. The van der Waals surface area contributed by atoms with Gasteiger partial charge in [-0.15, -0.1) is 5.10 Å². The van der Waals surface area contributed by atoms with Gasteiger partial charge in [0, 0.05) is 16.8 Å². The van der Waals surface area contributed by atoms with Gasteiger partial charge >= 0.3 is 0 Å². The summed E-state index contributed by atoms with van der Waals surface area (Å²) >= 11 is 6.32. The smallest absolute Gasteiger partial charge is 0.226 e. The Balaban J connectivity index is 1.68. The number of benzene rings is 2. The second kappa shape index (κ2) is 8.64. The number of ether oxygens (including phenoxy) is 1. The summed E-state index contributed by atoms with van der Waals surface area (Å²) in [4.78, 5) is 11.9. The van der Waals surface area contributed by atoms with Crippen molar-refractivity contribution >= 4 is 17.5 Å². The van der Waals surface area contributed by atoms with Crippen LogP contribution in [-0.4, -0.2) is 55.5 Å². The molecule has 1 fully saturated rings. The highest BCUT2D eigenvalue weighted by molar-refractivity contribution is 6.30. The summed E-state index contributed by atoms with van der Waals surface area (Å²) in [5, 5.41) is 13.0. The standard InChI is InChI=1S/C23H22ClN7O/c1-15-13-32-14-16(2)30(15)23-25-12-20(21(26-23)17-7-6-8-18(24)11-17)22-27-28-29-31(22)19-9-4-3-5-10-19/h3-12,15-16H,13-14H2,1-2H3/t15-,16-/m1/s1. The summed E-state index contributed by atoms with van der Waals surface area (Å²) in [5.41, 5.74) is 3.16. The van der Waals surface area contributed by atoms with Gasteiger partial charge in [0.25, 0.3) is 0 Å². The molecule has 1 saturated heterocycles. The Labute approximate surface area is 190 Å². The summed E-state index contributed by atoms with van der Waals surface area (Å²) < 4.78 is 7.37. The number of hydrogen-bond donors (Lipinski definition) is 0. The van der Waals surface area contributed by atoms with Gasteiger partial charge in [-0.3, -0.25) is 0 Å². The molecule has 8 nitrogen and oxygen atoms in total. The predicted octanol–water partition coefficient (Wildman–Crippen LogP) is 4.05. The quantitative estimate of drug-likeness (QED) is 0.466. The number of morpholine rings is 1. The topological polar surface area (TPSA) is 81.9 Å². The van der Waals surface area contributed by atoms with Crippen LogP contribution in [0.3, 0.4) is 0 Å². The maximum Gasteiger partial charge on any atom is 0.226 e. The number of rotatable bonds is 4. The molecule has 0 amide bonds. The summed E-state index contributed by atoms with van der Waals surface area (Å²) in [6, 6.07) is 17.7. The van der Waals surface area contributed by atoms with Crippen molar-refractivity contribution in [2.75, 3.05) is 18.1 Å². The first kappa shape index (κ1) is 20.5. The van der Waals surface area contributed by atoms with Crippen molar-refractivity contribution in [3.05, 3.63) is 65.8 Å². The van der Waals surface area contributed by atoms with Gasteiger partial charge in [0.05, 0.1) is 42.2 Å². The molecule has 0 unspecified atom stereocenters. The lowest BCUT2D eigenvalue weighted by atomic mass is 10.1. The molecule has 0 radical (unpaired) electrons. The molecule has 0 aliphatic carbocycles. The molecule has 162 valence electrons. The van der Waals surface area contributed by atoms with Gasteiger partial charge in [0.1, 0.15) is 0 Å². The lowest BCUT2D eigenvalue weighted by molar-refractivity contribution is 0.0747. The Kier molecular flexibility index (Phi) is 5.55. The maximum absolute atomic E-state index is 6.32. The van der Waals surface area contributed by atoms with E-state index in [9.17, 15) is 0 Å². The maximum atomic E-state index is 6.32. The van der Waals surface area contributed by atoms with E-state index >= 15 is 0 Å². The molecule has 0 saturated carbocycles. The van der Waals surface area contributed by atoms with Gasteiger partial charge in [-0.1, -0.05) is 41.9 Å². The fraction of sp³-hybridized carbons (Fsp3) is 0.261. The number of anilines is 1. The van der Waals surface area contributed by atoms with Gasteiger partial charge in [-0.2, -0.15) is 4.68 Å². The van der Waals surface area contributed by atoms with E-state index in [1.165, 1.54) is 0 Å². The van der Waals surface area contributed by atoms with Crippen molar-refractivity contribution < 1.29 is 4.74 Å². The molecule has 3 heterocycles. The molecule has 5 rings (SSSR count). The van der Waals surface area contributed by atoms with Gasteiger partial charge in [-0.05, 0) is 48.5 Å². The number of aromatic nitrogens is 6. The van der Waals surface area contributed by atoms with E-state index in [4.69, 9.17) is 26.3 Å². The highest BCUT2D eigenvalue weighted by atomic mass is 35.5. The predicted molar refractivity (Wildman–Crippen MR) is 123 cm³/mol. The van der Waals surface area contributed by atoms with E-state index in [2.05, 4.69) is 34.3 Å². The van der Waals surface area contributed by atoms with E-state index in [1.54, 1.807) is 10.9 Å². The number of para-hydroxylation sites is 1. The summed E-state index contributed by atoms with van der Waals surface area (Å²) in [6.07, 6.45) is 1.79. The second-order valence-corrected chi connectivity index (χ2v) is 8.27. The van der Waals surface area contributed by atoms with Crippen LogP contribution in [0.15, 0.2) is 60.8 Å². The monoisotopic (exact) mass is 447 g/mol. The van der Waals surface area contributed by atoms with Gasteiger partial charge in [-0.25, -0.2) is 9.97 Å². The molecular weight excluding hydrogens is 426 g/mol. The number of hydrogen-bond acceptors (Lipinski definition) is 7. The molecule has 9 heteroatoms. The summed E-state index contributed by atoms with van der Waals surface area (Å²) in [5.74, 6) is 1.20. The van der Waals surface area contributed by atoms with Crippen LogP contribution in [-0.2, 0) is 4.74 Å². The van der Waals surface area contributed by atoms with E-state index in [0.717, 1.165) is 22.5 Å². The first-order valence-corrected chi connectivity index (χ1v) is 10.8. The fourth-order valence-corrected chi connectivity index (χ4v) is 4.20. The van der Waals surface area contributed by atoms with Crippen molar-refractivity contribution in [2.24, 2.45) is 0 Å². The van der Waals surface area contributed by atoms with Crippen LogP contribution in [0.5, 0.6) is 0 Å². The fourth-order valence-electron chi connectivity index (χ4n) is 4.01. The van der Waals surface area contributed by atoms with Gasteiger partial charge in [0.15, 0.2) is 5.82 Å². The molecule has 32 heavy (non-hydrogen) atoms. The molecule has 1 aliphatic heterocycles. The second-order valence-electron chi connectivity index (χ2n) is 7.84. The summed E-state index contributed by atoms with van der Waals surface area (Å²) in [7, 11) is 0. The Morgan fingerprint density at radius 3 is 2.53 bits per heavy atom.